The summed E-state index contributed by atoms with van der Waals surface area (Å²) in [4.78, 5) is 23.8. The molecule has 1 aromatic carbocycles. The van der Waals surface area contributed by atoms with Gasteiger partial charge in [-0.25, -0.2) is 4.68 Å². The minimum Gasteiger partial charge on any atom is -0.497 e. The van der Waals surface area contributed by atoms with Crippen LogP contribution in [0.15, 0.2) is 41.2 Å². The van der Waals surface area contributed by atoms with Crippen molar-refractivity contribution in [1.82, 2.24) is 15.1 Å². The van der Waals surface area contributed by atoms with E-state index in [-0.39, 0.29) is 17.9 Å². The van der Waals surface area contributed by atoms with Gasteiger partial charge in [0.2, 0.25) is 5.91 Å². The molecule has 0 unspecified atom stereocenters. The number of hydrogen-bond donors (Lipinski definition) is 1. The average Bonchev–Trinajstić information content (AvgIpc) is 3.42. The molecule has 0 spiro atoms. The molecule has 1 aromatic heterocycles. The average molecular weight is 327 g/mol. The Morgan fingerprint density at radius 3 is 2.92 bits per heavy atom. The highest BCUT2D eigenvalue weighted by molar-refractivity contribution is 5.78. The zero-order valence-corrected chi connectivity index (χ0v) is 13.7. The molecule has 1 saturated carbocycles. The van der Waals surface area contributed by atoms with Gasteiger partial charge in [0.05, 0.1) is 25.8 Å². The van der Waals surface area contributed by atoms with Crippen molar-refractivity contribution in [3.8, 4) is 5.75 Å². The molecule has 1 fully saturated rings. The third-order valence-electron chi connectivity index (χ3n) is 4.03. The summed E-state index contributed by atoms with van der Waals surface area (Å²) in [7, 11) is 1.60. The summed E-state index contributed by atoms with van der Waals surface area (Å²) in [5.41, 5.74) is 1.72. The minimum absolute atomic E-state index is 0.0883. The van der Waals surface area contributed by atoms with Gasteiger partial charge in [0.1, 0.15) is 5.75 Å². The summed E-state index contributed by atoms with van der Waals surface area (Å²) in [6.07, 6.45) is 2.56. The Kier molecular flexibility index (Phi) is 4.93. The summed E-state index contributed by atoms with van der Waals surface area (Å²) in [5.74, 6) is 1.14. The quantitative estimate of drug-likeness (QED) is 0.836. The van der Waals surface area contributed by atoms with Gasteiger partial charge in [-0.2, -0.15) is 5.10 Å². The fraction of sp³-hybridized carbons (Fsp3) is 0.389. The van der Waals surface area contributed by atoms with Crippen LogP contribution in [0.25, 0.3) is 0 Å². The summed E-state index contributed by atoms with van der Waals surface area (Å²) in [5, 5.41) is 7.20. The molecule has 2 aromatic rings. The molecule has 1 N–H and O–H groups in total. The monoisotopic (exact) mass is 327 g/mol. The van der Waals surface area contributed by atoms with Crippen LogP contribution in [0.2, 0.25) is 0 Å². The molecule has 0 aliphatic heterocycles. The molecular formula is C18H21N3O3. The van der Waals surface area contributed by atoms with Gasteiger partial charge in [-0.15, -0.1) is 0 Å². The van der Waals surface area contributed by atoms with E-state index in [1.807, 2.05) is 24.3 Å². The third-order valence-corrected chi connectivity index (χ3v) is 4.03. The van der Waals surface area contributed by atoms with E-state index in [4.69, 9.17) is 4.74 Å². The lowest BCUT2D eigenvalue weighted by molar-refractivity contribution is -0.120. The van der Waals surface area contributed by atoms with E-state index in [9.17, 15) is 9.59 Å². The van der Waals surface area contributed by atoms with Crippen LogP contribution in [0.4, 0.5) is 0 Å². The largest absolute Gasteiger partial charge is 0.497 e. The normalized spacial score (nSPS) is 13.5. The number of carbonyl (C=O) groups is 1. The van der Waals surface area contributed by atoms with Gasteiger partial charge in [-0.1, -0.05) is 12.1 Å². The standard InChI is InChI=1S/C18H21N3O3/c1-24-15-4-2-3-13(11-15)12-17(22)19-9-10-21-18(23)8-7-16(20-21)14-5-6-14/h2-4,7-8,11,14H,5-6,9-10,12H2,1H3,(H,19,22). The van der Waals surface area contributed by atoms with Gasteiger partial charge >= 0.3 is 0 Å². The number of hydrogen-bond acceptors (Lipinski definition) is 4. The molecule has 6 heteroatoms. The number of rotatable bonds is 7. The number of amides is 1. The summed E-state index contributed by atoms with van der Waals surface area (Å²) < 4.78 is 6.58. The molecule has 6 nitrogen and oxygen atoms in total. The Hall–Kier alpha value is -2.63. The van der Waals surface area contributed by atoms with E-state index in [0.29, 0.717) is 19.0 Å². The number of ether oxygens (including phenoxy) is 1. The van der Waals surface area contributed by atoms with Gasteiger partial charge in [0, 0.05) is 18.5 Å². The smallest absolute Gasteiger partial charge is 0.266 e. The van der Waals surface area contributed by atoms with E-state index in [1.54, 1.807) is 19.2 Å². The van der Waals surface area contributed by atoms with Crippen molar-refractivity contribution >= 4 is 5.91 Å². The predicted octanol–water partition coefficient (Wildman–Crippen LogP) is 1.49. The van der Waals surface area contributed by atoms with Crippen LogP contribution in [0.1, 0.15) is 30.0 Å². The molecule has 24 heavy (non-hydrogen) atoms. The summed E-state index contributed by atoms with van der Waals surface area (Å²) >= 11 is 0. The summed E-state index contributed by atoms with van der Waals surface area (Å²) in [6.45, 7) is 0.757. The zero-order valence-electron chi connectivity index (χ0n) is 13.7. The van der Waals surface area contributed by atoms with Gasteiger partial charge in [-0.3, -0.25) is 9.59 Å². The Morgan fingerprint density at radius 1 is 1.33 bits per heavy atom. The van der Waals surface area contributed by atoms with Crippen molar-refractivity contribution < 1.29 is 9.53 Å². The molecule has 0 saturated heterocycles. The van der Waals surface area contributed by atoms with Gasteiger partial charge in [0.15, 0.2) is 0 Å². The lowest BCUT2D eigenvalue weighted by atomic mass is 10.1. The highest BCUT2D eigenvalue weighted by atomic mass is 16.5. The van der Waals surface area contributed by atoms with Crippen LogP contribution in [-0.4, -0.2) is 29.3 Å². The first kappa shape index (κ1) is 16.2. The van der Waals surface area contributed by atoms with Gasteiger partial charge < -0.3 is 10.1 Å². The highest BCUT2D eigenvalue weighted by Gasteiger charge is 2.25. The van der Waals surface area contributed by atoms with E-state index in [2.05, 4.69) is 10.4 Å². The first-order chi connectivity index (χ1) is 11.7. The number of nitrogens with one attached hydrogen (secondary N) is 1. The maximum absolute atomic E-state index is 12.0. The van der Waals surface area contributed by atoms with Crippen LogP contribution in [0.3, 0.4) is 0 Å². The van der Waals surface area contributed by atoms with Crippen molar-refractivity contribution in [2.24, 2.45) is 0 Å². The summed E-state index contributed by atoms with van der Waals surface area (Å²) in [6, 6.07) is 10.8. The van der Waals surface area contributed by atoms with E-state index in [1.165, 1.54) is 4.68 Å². The fourth-order valence-electron chi connectivity index (χ4n) is 2.55. The van der Waals surface area contributed by atoms with Crippen LogP contribution >= 0.6 is 0 Å². The van der Waals surface area contributed by atoms with Crippen molar-refractivity contribution in [1.29, 1.82) is 0 Å². The third kappa shape index (κ3) is 4.22. The molecule has 3 rings (SSSR count). The van der Waals surface area contributed by atoms with Crippen molar-refractivity contribution in [3.63, 3.8) is 0 Å². The Labute approximate surface area is 140 Å². The Balaban J connectivity index is 1.51. The molecule has 0 atom stereocenters. The van der Waals surface area contributed by atoms with Crippen LogP contribution in [-0.2, 0) is 17.8 Å². The lowest BCUT2D eigenvalue weighted by Crippen LogP contribution is -2.32. The zero-order chi connectivity index (χ0) is 16.9. The maximum Gasteiger partial charge on any atom is 0.266 e. The van der Waals surface area contributed by atoms with Crippen molar-refractivity contribution in [3.05, 3.63) is 58.0 Å². The second kappa shape index (κ2) is 7.29. The predicted molar refractivity (Wildman–Crippen MR) is 90.2 cm³/mol. The maximum atomic E-state index is 12.0. The molecule has 1 amide bonds. The van der Waals surface area contributed by atoms with Gasteiger partial charge in [-0.05, 0) is 36.6 Å². The molecule has 1 heterocycles. The lowest BCUT2D eigenvalue weighted by Gasteiger charge is -2.08. The van der Waals surface area contributed by atoms with Gasteiger partial charge in [0.25, 0.3) is 5.56 Å². The first-order valence-corrected chi connectivity index (χ1v) is 8.13. The Morgan fingerprint density at radius 2 is 2.17 bits per heavy atom. The second-order valence-electron chi connectivity index (χ2n) is 5.97. The molecule has 1 aliphatic carbocycles. The van der Waals surface area contributed by atoms with Crippen molar-refractivity contribution in [2.75, 3.05) is 13.7 Å². The number of benzene rings is 1. The second-order valence-corrected chi connectivity index (χ2v) is 5.97. The van der Waals surface area contributed by atoms with Crippen LogP contribution in [0.5, 0.6) is 5.75 Å². The number of aromatic nitrogens is 2. The SMILES string of the molecule is COc1cccc(CC(=O)NCCn2nc(C3CC3)ccc2=O)c1. The molecule has 126 valence electrons. The number of methoxy groups -OCH3 is 1. The molecule has 0 bridgehead atoms. The number of carbonyl (C=O) groups excluding carboxylic acids is 1. The highest BCUT2D eigenvalue weighted by Crippen LogP contribution is 2.38. The molecule has 1 aliphatic rings. The minimum atomic E-state index is -0.138. The van der Waals surface area contributed by atoms with Crippen LogP contribution in [0, 0.1) is 0 Å². The van der Waals surface area contributed by atoms with E-state index in [0.717, 1.165) is 29.8 Å². The van der Waals surface area contributed by atoms with Crippen molar-refractivity contribution in [2.45, 2.75) is 31.7 Å². The first-order valence-electron chi connectivity index (χ1n) is 8.13. The van der Waals surface area contributed by atoms with E-state index >= 15 is 0 Å². The topological polar surface area (TPSA) is 73.2 Å². The fourth-order valence-corrected chi connectivity index (χ4v) is 2.55. The number of nitrogens with zero attached hydrogens (tertiary/aromatic N) is 2. The molecule has 0 radical (unpaired) electrons. The Bertz CT molecular complexity index is 781. The van der Waals surface area contributed by atoms with E-state index < -0.39 is 0 Å². The molecular weight excluding hydrogens is 306 g/mol. The van der Waals surface area contributed by atoms with Crippen LogP contribution < -0.4 is 15.6 Å².